The topological polar surface area (TPSA) is 77.3 Å². The Morgan fingerprint density at radius 1 is 1.27 bits per heavy atom. The number of methoxy groups -OCH3 is 1. The number of carbonyl (C=O) groups excluding carboxylic acids is 2. The Balaban J connectivity index is 4.41. The lowest BCUT2D eigenvalue weighted by Crippen LogP contribution is -2.00. The molecule has 0 rings (SSSR count). The summed E-state index contributed by atoms with van der Waals surface area (Å²) in [6.45, 7) is 3.77. The van der Waals surface area contributed by atoms with E-state index in [9.17, 15) is 9.59 Å². The molecule has 0 saturated heterocycles. The van der Waals surface area contributed by atoms with E-state index in [0.29, 0.717) is 18.7 Å². The smallest absolute Gasteiger partial charge is 0.452 e. The highest BCUT2D eigenvalue weighted by Crippen LogP contribution is 2.04. The number of carbonyl (C=O) groups is 2. The summed E-state index contributed by atoms with van der Waals surface area (Å²) in [4.78, 5) is 21.6. The van der Waals surface area contributed by atoms with E-state index >= 15 is 0 Å². The van der Waals surface area contributed by atoms with Crippen LogP contribution in [0, 0.1) is 0 Å². The molecule has 15 heavy (non-hydrogen) atoms. The number of hydrogen-bond donors (Lipinski definition) is 0. The minimum atomic E-state index is -0.807. The Kier molecular flexibility index (Phi) is 6.78. The lowest BCUT2D eigenvalue weighted by atomic mass is 10.3. The van der Waals surface area contributed by atoms with Gasteiger partial charge in [-0.15, -0.1) is 5.11 Å². The molecule has 0 atom stereocenters. The molecule has 0 saturated carbocycles. The van der Waals surface area contributed by atoms with Crippen molar-refractivity contribution in [2.45, 2.75) is 20.3 Å². The lowest BCUT2D eigenvalue weighted by molar-refractivity contribution is -0.137. The van der Waals surface area contributed by atoms with Gasteiger partial charge in [0.05, 0.1) is 19.4 Å². The van der Waals surface area contributed by atoms with Crippen molar-refractivity contribution in [1.29, 1.82) is 0 Å². The molecule has 0 aromatic heterocycles. The SMILES string of the molecule is CCOC(=O)/C=C(\CC)N=NC(=O)OC. The van der Waals surface area contributed by atoms with Crippen LogP contribution in [0.1, 0.15) is 20.3 Å². The Hall–Kier alpha value is -1.72. The number of hydrogen-bond acceptors (Lipinski definition) is 5. The van der Waals surface area contributed by atoms with Crippen molar-refractivity contribution in [1.82, 2.24) is 0 Å². The van der Waals surface area contributed by atoms with Crippen LogP contribution >= 0.6 is 0 Å². The molecule has 6 heteroatoms. The Labute approximate surface area is 88.0 Å². The standard InChI is InChI=1S/C9H14N2O4/c1-4-7(6-8(12)15-5-2)10-11-9(13)14-3/h6H,4-5H2,1-3H3/b7-6+,11-10?. The fourth-order valence-corrected chi connectivity index (χ4v) is 0.667. The second kappa shape index (κ2) is 7.66. The predicted octanol–water partition coefficient (Wildman–Crippen LogP) is 2.06. The first-order valence-corrected chi connectivity index (χ1v) is 4.51. The molecule has 0 spiro atoms. The van der Waals surface area contributed by atoms with Crippen LogP contribution < -0.4 is 0 Å². The van der Waals surface area contributed by atoms with Crippen LogP contribution in [0.25, 0.3) is 0 Å². The summed E-state index contributed by atoms with van der Waals surface area (Å²) < 4.78 is 8.93. The summed E-state index contributed by atoms with van der Waals surface area (Å²) in [6, 6.07) is 0. The van der Waals surface area contributed by atoms with Crippen LogP contribution in [0.2, 0.25) is 0 Å². The van der Waals surface area contributed by atoms with Crippen molar-refractivity contribution in [2.75, 3.05) is 13.7 Å². The van der Waals surface area contributed by atoms with Gasteiger partial charge in [0.2, 0.25) is 0 Å². The van der Waals surface area contributed by atoms with Gasteiger partial charge in [0.1, 0.15) is 0 Å². The van der Waals surface area contributed by atoms with Gasteiger partial charge >= 0.3 is 12.1 Å². The molecule has 0 N–H and O–H groups in total. The first-order chi connectivity index (χ1) is 7.13. The van der Waals surface area contributed by atoms with E-state index in [1.807, 2.05) is 0 Å². The number of allylic oxidation sites excluding steroid dienone is 1. The third kappa shape index (κ3) is 6.36. The Morgan fingerprint density at radius 3 is 2.40 bits per heavy atom. The maximum absolute atomic E-state index is 11.0. The van der Waals surface area contributed by atoms with Crippen molar-refractivity contribution >= 4 is 12.1 Å². The summed E-state index contributed by atoms with van der Waals surface area (Å²) >= 11 is 0. The van der Waals surface area contributed by atoms with Crippen molar-refractivity contribution in [3.05, 3.63) is 11.8 Å². The van der Waals surface area contributed by atoms with Gasteiger partial charge in [0.15, 0.2) is 0 Å². The molecule has 6 nitrogen and oxygen atoms in total. The highest BCUT2D eigenvalue weighted by molar-refractivity contribution is 5.82. The highest BCUT2D eigenvalue weighted by Gasteiger charge is 2.01. The molecule has 0 aliphatic carbocycles. The average Bonchev–Trinajstić information content (AvgIpc) is 2.23. The molecule has 0 radical (unpaired) electrons. The van der Waals surface area contributed by atoms with Crippen molar-refractivity contribution in [3.63, 3.8) is 0 Å². The van der Waals surface area contributed by atoms with Gasteiger partial charge in [-0.2, -0.15) is 0 Å². The van der Waals surface area contributed by atoms with Crippen LogP contribution in [0.15, 0.2) is 22.0 Å². The zero-order valence-corrected chi connectivity index (χ0v) is 9.02. The van der Waals surface area contributed by atoms with E-state index in [-0.39, 0.29) is 0 Å². The number of azo groups is 1. The summed E-state index contributed by atoms with van der Waals surface area (Å²) in [5.74, 6) is -0.502. The molecular weight excluding hydrogens is 200 g/mol. The number of esters is 1. The van der Waals surface area contributed by atoms with Gasteiger partial charge in [-0.25, -0.2) is 9.59 Å². The monoisotopic (exact) mass is 214 g/mol. The van der Waals surface area contributed by atoms with E-state index in [1.165, 1.54) is 13.2 Å². The fourth-order valence-electron chi connectivity index (χ4n) is 0.667. The average molecular weight is 214 g/mol. The minimum absolute atomic E-state index is 0.292. The summed E-state index contributed by atoms with van der Waals surface area (Å²) in [5.41, 5.74) is 0.360. The largest absolute Gasteiger partial charge is 0.463 e. The summed E-state index contributed by atoms with van der Waals surface area (Å²) in [6.07, 6.45) is 0.855. The van der Waals surface area contributed by atoms with E-state index in [0.717, 1.165) is 0 Å². The van der Waals surface area contributed by atoms with Gasteiger partial charge in [0.25, 0.3) is 0 Å². The number of amides is 1. The van der Waals surface area contributed by atoms with Crippen LogP contribution in [0.5, 0.6) is 0 Å². The summed E-state index contributed by atoms with van der Waals surface area (Å²) in [5, 5.41) is 6.76. The maximum Gasteiger partial charge on any atom is 0.452 e. The van der Waals surface area contributed by atoms with Gasteiger partial charge in [0, 0.05) is 6.08 Å². The zero-order valence-electron chi connectivity index (χ0n) is 9.02. The maximum atomic E-state index is 11.0. The molecule has 0 aliphatic heterocycles. The molecule has 0 bridgehead atoms. The van der Waals surface area contributed by atoms with Gasteiger partial charge in [-0.05, 0) is 13.3 Å². The zero-order chi connectivity index (χ0) is 11.7. The number of rotatable bonds is 4. The van der Waals surface area contributed by atoms with Crippen molar-refractivity contribution in [2.24, 2.45) is 10.2 Å². The molecule has 84 valence electrons. The first kappa shape index (κ1) is 13.3. The second-order valence-corrected chi connectivity index (χ2v) is 2.41. The highest BCUT2D eigenvalue weighted by atomic mass is 16.5. The molecule has 0 aliphatic rings. The third-order valence-electron chi connectivity index (χ3n) is 1.37. The van der Waals surface area contributed by atoms with Crippen LogP contribution in [-0.4, -0.2) is 25.8 Å². The number of ether oxygens (including phenoxy) is 2. The van der Waals surface area contributed by atoms with E-state index < -0.39 is 12.1 Å². The number of nitrogens with zero attached hydrogens (tertiary/aromatic N) is 2. The quantitative estimate of drug-likeness (QED) is 0.407. The van der Waals surface area contributed by atoms with Gasteiger partial charge in [-0.1, -0.05) is 12.0 Å². The molecule has 0 aromatic rings. The van der Waals surface area contributed by atoms with E-state index in [4.69, 9.17) is 0 Å². The van der Waals surface area contributed by atoms with E-state index in [2.05, 4.69) is 19.7 Å². The summed E-state index contributed by atoms with van der Waals surface area (Å²) in [7, 11) is 1.20. The predicted molar refractivity (Wildman–Crippen MR) is 52.3 cm³/mol. The molecule has 0 aromatic carbocycles. The van der Waals surface area contributed by atoms with Crippen LogP contribution in [0.3, 0.4) is 0 Å². The third-order valence-corrected chi connectivity index (χ3v) is 1.37. The van der Waals surface area contributed by atoms with Crippen molar-refractivity contribution < 1.29 is 19.1 Å². The second-order valence-electron chi connectivity index (χ2n) is 2.41. The Morgan fingerprint density at radius 2 is 1.93 bits per heavy atom. The van der Waals surface area contributed by atoms with E-state index in [1.54, 1.807) is 13.8 Å². The van der Waals surface area contributed by atoms with Crippen molar-refractivity contribution in [3.8, 4) is 0 Å². The van der Waals surface area contributed by atoms with Crippen LogP contribution in [-0.2, 0) is 14.3 Å². The first-order valence-electron chi connectivity index (χ1n) is 4.51. The van der Waals surface area contributed by atoms with Gasteiger partial charge in [-0.3, -0.25) is 0 Å². The molecule has 0 unspecified atom stereocenters. The molecular formula is C9H14N2O4. The molecule has 0 fully saturated rings. The van der Waals surface area contributed by atoms with Crippen LogP contribution in [0.4, 0.5) is 4.79 Å². The normalized spacial score (nSPS) is 11.5. The minimum Gasteiger partial charge on any atom is -0.463 e. The fraction of sp³-hybridized carbons (Fsp3) is 0.556. The lowest BCUT2D eigenvalue weighted by Gasteiger charge is -1.97. The molecule has 1 amide bonds. The van der Waals surface area contributed by atoms with Gasteiger partial charge < -0.3 is 9.47 Å². The Bertz CT molecular complexity index is 284. The molecule has 0 heterocycles.